The van der Waals surface area contributed by atoms with Crippen LogP contribution in [0, 0.1) is 6.92 Å². The van der Waals surface area contributed by atoms with E-state index in [9.17, 15) is 34.9 Å². The van der Waals surface area contributed by atoms with Crippen molar-refractivity contribution >= 4 is 10.8 Å². The molecule has 3 atom stereocenters. The molecule has 1 aromatic rings. The minimum atomic E-state index is -4.85. The smallest absolute Gasteiger partial charge is 0.351 e. The molecule has 140 valence electrons. The summed E-state index contributed by atoms with van der Waals surface area (Å²) in [5.41, 5.74) is -3.13. The van der Waals surface area contributed by atoms with Gasteiger partial charge in [0.05, 0.1) is 22.4 Å². The van der Waals surface area contributed by atoms with Crippen molar-refractivity contribution in [3.63, 3.8) is 0 Å². The second kappa shape index (κ2) is 6.26. The SMILES string of the molecule is Cc1c(C2C=C(S(=O)CC(F)(F)F)C=CC2(C)F)noc1C(F)(F)F. The van der Waals surface area contributed by atoms with Crippen LogP contribution in [0.3, 0.4) is 0 Å². The molecule has 3 nitrogen and oxygen atoms in total. The van der Waals surface area contributed by atoms with E-state index in [1.807, 2.05) is 0 Å². The van der Waals surface area contributed by atoms with Crippen molar-refractivity contribution in [1.82, 2.24) is 5.16 Å². The molecule has 11 heteroatoms. The third kappa shape index (κ3) is 4.31. The first kappa shape index (κ1) is 19.7. The maximum atomic E-state index is 14.7. The lowest BCUT2D eigenvalue weighted by molar-refractivity contribution is -0.156. The molecular weight excluding hydrogens is 379 g/mol. The molecule has 1 aliphatic carbocycles. The molecular formula is C14H12F7NO2S. The molecule has 0 spiro atoms. The Labute approximate surface area is 140 Å². The number of hydrogen-bond acceptors (Lipinski definition) is 3. The zero-order chi connectivity index (χ0) is 19.2. The minimum Gasteiger partial charge on any atom is -0.351 e. The second-order valence-corrected chi connectivity index (χ2v) is 7.11. The topological polar surface area (TPSA) is 43.1 Å². The van der Waals surface area contributed by atoms with E-state index in [1.54, 1.807) is 0 Å². The highest BCUT2D eigenvalue weighted by atomic mass is 32.2. The fraction of sp³-hybridized carbons (Fsp3) is 0.500. The Bertz CT molecular complexity index is 743. The molecule has 0 bridgehead atoms. The molecule has 25 heavy (non-hydrogen) atoms. The summed E-state index contributed by atoms with van der Waals surface area (Å²) in [6.45, 7) is 2.04. The van der Waals surface area contributed by atoms with Crippen LogP contribution < -0.4 is 0 Å². The van der Waals surface area contributed by atoms with E-state index in [0.29, 0.717) is 0 Å². The predicted octanol–water partition coefficient (Wildman–Crippen LogP) is 4.58. The van der Waals surface area contributed by atoms with E-state index >= 15 is 0 Å². The lowest BCUT2D eigenvalue weighted by atomic mass is 9.83. The van der Waals surface area contributed by atoms with Crippen LogP contribution in [-0.4, -0.2) is 27.0 Å². The fourth-order valence-electron chi connectivity index (χ4n) is 2.36. The van der Waals surface area contributed by atoms with Gasteiger partial charge in [0.15, 0.2) is 0 Å². The minimum absolute atomic E-state index is 0.339. The van der Waals surface area contributed by atoms with Gasteiger partial charge in [-0.25, -0.2) is 4.39 Å². The Morgan fingerprint density at radius 2 is 1.88 bits per heavy atom. The van der Waals surface area contributed by atoms with Crippen LogP contribution >= 0.6 is 0 Å². The average molecular weight is 391 g/mol. The Hall–Kier alpha value is -1.65. The van der Waals surface area contributed by atoms with Gasteiger partial charge in [0.25, 0.3) is 0 Å². The highest BCUT2D eigenvalue weighted by molar-refractivity contribution is 7.89. The van der Waals surface area contributed by atoms with Gasteiger partial charge >= 0.3 is 12.4 Å². The third-order valence-electron chi connectivity index (χ3n) is 3.58. The number of halogens is 7. The Morgan fingerprint density at radius 1 is 1.28 bits per heavy atom. The van der Waals surface area contributed by atoms with Gasteiger partial charge in [-0.15, -0.1) is 0 Å². The Morgan fingerprint density at radius 3 is 2.36 bits per heavy atom. The van der Waals surface area contributed by atoms with E-state index in [4.69, 9.17) is 0 Å². The van der Waals surface area contributed by atoms with Crippen molar-refractivity contribution in [2.45, 2.75) is 37.8 Å². The van der Waals surface area contributed by atoms with Gasteiger partial charge in [-0.1, -0.05) is 11.2 Å². The summed E-state index contributed by atoms with van der Waals surface area (Å²) < 4.78 is 106. The normalized spacial score (nSPS) is 25.8. The van der Waals surface area contributed by atoms with Crippen LogP contribution in [0.4, 0.5) is 30.7 Å². The summed E-state index contributed by atoms with van der Waals surface area (Å²) in [5.74, 6) is -4.53. The highest BCUT2D eigenvalue weighted by Crippen LogP contribution is 2.43. The van der Waals surface area contributed by atoms with E-state index in [1.165, 1.54) is 0 Å². The number of alkyl halides is 7. The average Bonchev–Trinajstić information content (AvgIpc) is 2.78. The van der Waals surface area contributed by atoms with E-state index in [0.717, 1.165) is 32.1 Å². The molecule has 1 aliphatic rings. The maximum absolute atomic E-state index is 14.7. The number of nitrogens with zero attached hydrogens (tertiary/aromatic N) is 1. The zero-order valence-corrected chi connectivity index (χ0v) is 13.7. The second-order valence-electron chi connectivity index (χ2n) is 5.66. The van der Waals surface area contributed by atoms with Crippen molar-refractivity contribution in [1.29, 1.82) is 0 Å². The molecule has 0 aromatic carbocycles. The van der Waals surface area contributed by atoms with Crippen LogP contribution in [0.1, 0.15) is 29.9 Å². The van der Waals surface area contributed by atoms with Crippen LogP contribution in [0.15, 0.2) is 27.7 Å². The molecule has 1 heterocycles. The fourth-order valence-corrected chi connectivity index (χ4v) is 3.34. The summed E-state index contributed by atoms with van der Waals surface area (Å²) >= 11 is 0. The maximum Gasteiger partial charge on any atom is 0.452 e. The molecule has 0 fully saturated rings. The van der Waals surface area contributed by atoms with Gasteiger partial charge in [-0.05, 0) is 26.0 Å². The summed E-state index contributed by atoms with van der Waals surface area (Å²) in [5, 5.41) is 3.24. The zero-order valence-electron chi connectivity index (χ0n) is 12.8. The molecule has 0 N–H and O–H groups in total. The van der Waals surface area contributed by atoms with Crippen LogP contribution in [0.2, 0.25) is 0 Å². The van der Waals surface area contributed by atoms with Gasteiger partial charge in [0.1, 0.15) is 11.4 Å². The monoisotopic (exact) mass is 391 g/mol. The van der Waals surface area contributed by atoms with Gasteiger partial charge < -0.3 is 4.52 Å². The molecule has 0 amide bonds. The molecule has 3 unspecified atom stereocenters. The van der Waals surface area contributed by atoms with Crippen LogP contribution in [0.5, 0.6) is 0 Å². The first-order valence-electron chi connectivity index (χ1n) is 6.81. The number of hydrogen-bond donors (Lipinski definition) is 0. The first-order chi connectivity index (χ1) is 11.2. The third-order valence-corrected chi connectivity index (χ3v) is 4.97. The van der Waals surface area contributed by atoms with Gasteiger partial charge in [-0.3, -0.25) is 4.21 Å². The molecule has 2 rings (SSSR count). The number of aromatic nitrogens is 1. The van der Waals surface area contributed by atoms with E-state index in [2.05, 4.69) is 9.68 Å². The molecule has 1 aromatic heterocycles. The Kier molecular flexibility index (Phi) is 4.92. The molecule has 0 radical (unpaired) electrons. The summed E-state index contributed by atoms with van der Waals surface area (Å²) in [6.07, 6.45) is -6.88. The standard InChI is InChI=1S/C14H12F7NO2S/c1-7-10(22-24-11(7)14(19,20)21)9-5-8(3-4-12(9,2)15)25(23)6-13(16,17)18/h3-5,9H,6H2,1-2H3. The molecule has 0 saturated carbocycles. The summed E-state index contributed by atoms with van der Waals surface area (Å²) in [4.78, 5) is -0.339. The van der Waals surface area contributed by atoms with Crippen molar-refractivity contribution < 1.29 is 39.5 Å². The van der Waals surface area contributed by atoms with Crippen LogP contribution in [-0.2, 0) is 17.0 Å². The van der Waals surface area contributed by atoms with E-state index < -0.39 is 57.5 Å². The molecule has 0 saturated heterocycles. The lowest BCUT2D eigenvalue weighted by Gasteiger charge is -2.28. The quantitative estimate of drug-likeness (QED) is 0.709. The van der Waals surface area contributed by atoms with Gasteiger partial charge in [-0.2, -0.15) is 26.3 Å². The molecule has 0 aliphatic heterocycles. The largest absolute Gasteiger partial charge is 0.452 e. The van der Waals surface area contributed by atoms with Crippen molar-refractivity contribution in [2.75, 3.05) is 5.75 Å². The summed E-state index contributed by atoms with van der Waals surface area (Å²) in [7, 11) is -2.52. The predicted molar refractivity (Wildman–Crippen MR) is 74.8 cm³/mol. The lowest BCUT2D eigenvalue weighted by Crippen LogP contribution is -2.29. The number of allylic oxidation sites excluding steroid dienone is 3. The van der Waals surface area contributed by atoms with E-state index in [-0.39, 0.29) is 4.91 Å². The number of rotatable bonds is 3. The highest BCUT2D eigenvalue weighted by Gasteiger charge is 2.44. The van der Waals surface area contributed by atoms with Gasteiger partial charge in [0, 0.05) is 10.5 Å². The van der Waals surface area contributed by atoms with Crippen molar-refractivity contribution in [2.24, 2.45) is 0 Å². The van der Waals surface area contributed by atoms with Crippen molar-refractivity contribution in [3.8, 4) is 0 Å². The van der Waals surface area contributed by atoms with Crippen LogP contribution in [0.25, 0.3) is 0 Å². The van der Waals surface area contributed by atoms with Gasteiger partial charge in [0.2, 0.25) is 5.76 Å². The Balaban J connectivity index is 2.43. The summed E-state index contributed by atoms with van der Waals surface area (Å²) in [6, 6.07) is 0. The van der Waals surface area contributed by atoms with Crippen molar-refractivity contribution in [3.05, 3.63) is 40.2 Å². The first-order valence-corrected chi connectivity index (χ1v) is 8.13.